The summed E-state index contributed by atoms with van der Waals surface area (Å²) < 4.78 is 0. The third kappa shape index (κ3) is 4.03. The van der Waals surface area contributed by atoms with E-state index in [1.165, 1.54) is 65.3 Å². The Labute approximate surface area is 224 Å². The Morgan fingerprint density at radius 1 is 0.432 bits per heavy atom. The Morgan fingerprint density at radius 3 is 1.19 bits per heavy atom. The van der Waals surface area contributed by atoms with Crippen LogP contribution in [0.4, 0.5) is 0 Å². The van der Waals surface area contributed by atoms with Crippen LogP contribution < -0.4 is 0 Å². The molecule has 5 aromatic rings. The average molecular weight is 491 g/mol. The van der Waals surface area contributed by atoms with E-state index in [0.29, 0.717) is 0 Å². The van der Waals surface area contributed by atoms with Gasteiger partial charge in [0.2, 0.25) is 0 Å². The third-order valence-corrected chi connectivity index (χ3v) is 8.96. The van der Waals surface area contributed by atoms with Crippen LogP contribution in [0.1, 0.15) is 112 Å². The standard InChI is InChI=1S/C37H46/c1-13-37(11,12)23-20-27-26-18-22(34(2,3)4)19-28-30(35(5,6)7)16-14-24(32(26)28)25-15-17-31(36(8,9)10)29(21-23)33(25)27/h14-21H,13H2,1-12H3. The van der Waals surface area contributed by atoms with Gasteiger partial charge in [0, 0.05) is 0 Å². The molecule has 0 fully saturated rings. The first-order valence-electron chi connectivity index (χ1n) is 14.2. The van der Waals surface area contributed by atoms with Gasteiger partial charge in [-0.25, -0.2) is 0 Å². The van der Waals surface area contributed by atoms with E-state index < -0.39 is 0 Å². The average Bonchev–Trinajstić information content (AvgIpc) is 2.79. The van der Waals surface area contributed by atoms with E-state index >= 15 is 0 Å². The van der Waals surface area contributed by atoms with Crippen LogP contribution in [-0.4, -0.2) is 0 Å². The summed E-state index contributed by atoms with van der Waals surface area (Å²) in [4.78, 5) is 0. The summed E-state index contributed by atoms with van der Waals surface area (Å²) in [5.41, 5.74) is 6.08. The van der Waals surface area contributed by atoms with Crippen molar-refractivity contribution in [1.29, 1.82) is 0 Å². The van der Waals surface area contributed by atoms with Gasteiger partial charge in [-0.1, -0.05) is 119 Å². The van der Waals surface area contributed by atoms with Crippen molar-refractivity contribution in [2.45, 2.75) is 111 Å². The number of hydrogen-bond donors (Lipinski definition) is 0. The van der Waals surface area contributed by atoms with Crippen LogP contribution in [0.3, 0.4) is 0 Å². The van der Waals surface area contributed by atoms with Gasteiger partial charge in [0.25, 0.3) is 0 Å². The normalized spacial score (nSPS) is 14.1. The second-order valence-electron chi connectivity index (χ2n) is 15.2. The monoisotopic (exact) mass is 490 g/mol. The van der Waals surface area contributed by atoms with Gasteiger partial charge in [-0.15, -0.1) is 0 Å². The highest BCUT2D eigenvalue weighted by Crippen LogP contribution is 2.48. The highest BCUT2D eigenvalue weighted by molar-refractivity contribution is 6.33. The minimum Gasteiger partial charge on any atom is -0.0646 e. The zero-order valence-corrected chi connectivity index (χ0v) is 25.3. The molecule has 194 valence electrons. The number of benzene rings is 5. The lowest BCUT2D eigenvalue weighted by Gasteiger charge is -2.30. The molecule has 0 atom stereocenters. The predicted molar refractivity (Wildman–Crippen MR) is 167 cm³/mol. The molecule has 0 aliphatic heterocycles. The molecule has 0 bridgehead atoms. The molecule has 0 aromatic heterocycles. The molecule has 0 heterocycles. The van der Waals surface area contributed by atoms with E-state index in [1.54, 1.807) is 0 Å². The van der Waals surface area contributed by atoms with Crippen molar-refractivity contribution in [2.24, 2.45) is 0 Å². The van der Waals surface area contributed by atoms with E-state index in [-0.39, 0.29) is 21.7 Å². The predicted octanol–water partition coefficient (Wildman–Crippen LogP) is 11.3. The fourth-order valence-electron chi connectivity index (χ4n) is 6.18. The van der Waals surface area contributed by atoms with Crippen molar-refractivity contribution in [3.8, 4) is 0 Å². The maximum atomic E-state index is 2.54. The Bertz CT molecular complexity index is 1650. The fourth-order valence-corrected chi connectivity index (χ4v) is 6.18. The maximum Gasteiger partial charge on any atom is -0.00232 e. The maximum absolute atomic E-state index is 2.54. The Hall–Kier alpha value is -2.60. The molecule has 0 aliphatic rings. The van der Waals surface area contributed by atoms with E-state index in [4.69, 9.17) is 0 Å². The van der Waals surface area contributed by atoms with Crippen molar-refractivity contribution in [1.82, 2.24) is 0 Å². The summed E-state index contributed by atoms with van der Waals surface area (Å²) >= 11 is 0. The van der Waals surface area contributed by atoms with Crippen LogP contribution in [0.25, 0.3) is 43.1 Å². The summed E-state index contributed by atoms with van der Waals surface area (Å²) in [6.45, 7) is 28.3. The molecule has 0 saturated carbocycles. The van der Waals surface area contributed by atoms with Gasteiger partial charge in [0.1, 0.15) is 0 Å². The first kappa shape index (κ1) is 26.0. The molecule has 0 amide bonds. The molecule has 0 N–H and O–H groups in total. The van der Waals surface area contributed by atoms with Crippen LogP contribution in [-0.2, 0) is 21.7 Å². The quantitative estimate of drug-likeness (QED) is 0.170. The summed E-state index contributed by atoms with van der Waals surface area (Å²) in [6.07, 6.45) is 1.12. The van der Waals surface area contributed by atoms with Gasteiger partial charge in [-0.2, -0.15) is 0 Å². The van der Waals surface area contributed by atoms with Gasteiger partial charge in [0.15, 0.2) is 0 Å². The number of rotatable bonds is 2. The highest BCUT2D eigenvalue weighted by atomic mass is 14.3. The SMILES string of the molecule is CCC(C)(C)c1cc2c(C(C)(C)C)ccc3c4ccc(C(C)(C)C)c5cc(C(C)(C)C)cc(c(c1)c23)c54. The lowest BCUT2D eigenvalue weighted by molar-refractivity contribution is 0.507. The minimum absolute atomic E-state index is 0.0722. The molecule has 0 saturated heterocycles. The van der Waals surface area contributed by atoms with Gasteiger partial charge < -0.3 is 0 Å². The Balaban J connectivity index is 2.15. The Morgan fingerprint density at radius 2 is 0.811 bits per heavy atom. The van der Waals surface area contributed by atoms with Gasteiger partial charge in [-0.3, -0.25) is 0 Å². The second-order valence-corrected chi connectivity index (χ2v) is 15.2. The molecule has 0 unspecified atom stereocenters. The van der Waals surface area contributed by atoms with Crippen LogP contribution in [0.15, 0.2) is 48.5 Å². The lowest BCUT2D eigenvalue weighted by Crippen LogP contribution is -2.17. The second kappa shape index (κ2) is 7.95. The van der Waals surface area contributed by atoms with Crippen molar-refractivity contribution < 1.29 is 0 Å². The molecule has 37 heavy (non-hydrogen) atoms. The number of hydrogen-bond acceptors (Lipinski definition) is 0. The van der Waals surface area contributed by atoms with Crippen LogP contribution in [0.2, 0.25) is 0 Å². The first-order valence-corrected chi connectivity index (χ1v) is 14.2. The van der Waals surface area contributed by atoms with E-state index in [0.717, 1.165) is 6.42 Å². The van der Waals surface area contributed by atoms with Crippen molar-refractivity contribution in [3.63, 3.8) is 0 Å². The van der Waals surface area contributed by atoms with Crippen molar-refractivity contribution in [2.75, 3.05) is 0 Å². The van der Waals surface area contributed by atoms with Crippen molar-refractivity contribution in [3.05, 3.63) is 70.8 Å². The molecule has 0 heteroatoms. The summed E-state index contributed by atoms with van der Waals surface area (Å²) in [5.74, 6) is 0. The lowest BCUT2D eigenvalue weighted by atomic mass is 9.74. The molecule has 0 aliphatic carbocycles. The molecule has 0 spiro atoms. The zero-order valence-electron chi connectivity index (χ0n) is 25.3. The van der Waals surface area contributed by atoms with Gasteiger partial charge >= 0.3 is 0 Å². The zero-order chi connectivity index (χ0) is 27.3. The summed E-state index contributed by atoms with van der Waals surface area (Å²) in [5, 5.41) is 11.3. The minimum atomic E-state index is 0.0722. The van der Waals surface area contributed by atoms with Crippen LogP contribution >= 0.6 is 0 Å². The van der Waals surface area contributed by atoms with Crippen molar-refractivity contribution >= 4 is 43.1 Å². The van der Waals surface area contributed by atoms with Gasteiger partial charge in [0.05, 0.1) is 0 Å². The Kier molecular flexibility index (Phi) is 5.59. The van der Waals surface area contributed by atoms with E-state index in [1.807, 2.05) is 0 Å². The third-order valence-electron chi connectivity index (χ3n) is 8.96. The molecular weight excluding hydrogens is 444 g/mol. The molecule has 5 aromatic carbocycles. The summed E-state index contributed by atoms with van der Waals surface area (Å²) in [6, 6.07) is 19.7. The highest BCUT2D eigenvalue weighted by Gasteiger charge is 2.28. The van der Waals surface area contributed by atoms with E-state index in [2.05, 4.69) is 132 Å². The van der Waals surface area contributed by atoms with Crippen LogP contribution in [0.5, 0.6) is 0 Å². The molecule has 0 nitrogen and oxygen atoms in total. The topological polar surface area (TPSA) is 0 Å². The van der Waals surface area contributed by atoms with Gasteiger partial charge in [-0.05, 0) is 106 Å². The molecule has 5 rings (SSSR count). The molecular formula is C37H46. The van der Waals surface area contributed by atoms with Crippen LogP contribution in [0, 0.1) is 0 Å². The fraction of sp³-hybridized carbons (Fsp3) is 0.459. The summed E-state index contributed by atoms with van der Waals surface area (Å²) in [7, 11) is 0. The number of fused-ring (bicyclic) bond motifs is 2. The first-order chi connectivity index (χ1) is 16.9. The molecule has 0 radical (unpaired) electrons. The van der Waals surface area contributed by atoms with E-state index in [9.17, 15) is 0 Å². The smallest absolute Gasteiger partial charge is 0.00232 e. The largest absolute Gasteiger partial charge is 0.0646 e.